The van der Waals surface area contributed by atoms with Crippen molar-refractivity contribution in [1.82, 2.24) is 0 Å². The smallest absolute Gasteiger partial charge is 0.0721 e. The fourth-order valence-electron chi connectivity index (χ4n) is 0.918. The predicted octanol–water partition coefficient (Wildman–Crippen LogP) is 1.48. The molecule has 0 aliphatic heterocycles. The van der Waals surface area contributed by atoms with Gasteiger partial charge in [0.1, 0.15) is 0 Å². The Labute approximate surface area is 68.6 Å². The molecule has 0 amide bonds. The van der Waals surface area contributed by atoms with E-state index in [0.717, 1.165) is 12.8 Å². The largest absolute Gasteiger partial charge is 0.392 e. The van der Waals surface area contributed by atoms with Crippen molar-refractivity contribution < 1.29 is 10.2 Å². The Morgan fingerprint density at radius 3 is 2.64 bits per heavy atom. The van der Waals surface area contributed by atoms with Crippen LogP contribution in [0.2, 0.25) is 0 Å². The Bertz CT molecular complexity index is 99.7. The van der Waals surface area contributed by atoms with Crippen molar-refractivity contribution in [3.05, 3.63) is 12.2 Å². The molecule has 0 rings (SSSR count). The average Bonchev–Trinajstić information content (AvgIpc) is 2.01. The number of aliphatic hydroxyl groups excluding tert-OH is 2. The van der Waals surface area contributed by atoms with Gasteiger partial charge in [-0.3, -0.25) is 0 Å². The van der Waals surface area contributed by atoms with Crippen LogP contribution in [0.15, 0.2) is 12.2 Å². The molecule has 66 valence electrons. The van der Waals surface area contributed by atoms with Crippen LogP contribution in [0, 0.1) is 0 Å². The van der Waals surface area contributed by atoms with E-state index in [9.17, 15) is 5.11 Å². The summed E-state index contributed by atoms with van der Waals surface area (Å²) in [6.45, 7) is 2.15. The molecule has 2 heteroatoms. The topological polar surface area (TPSA) is 40.5 Å². The maximum Gasteiger partial charge on any atom is 0.0721 e. The predicted molar refractivity (Wildman–Crippen MR) is 46.4 cm³/mol. The van der Waals surface area contributed by atoms with Crippen molar-refractivity contribution in [2.45, 2.75) is 38.7 Å². The van der Waals surface area contributed by atoms with Gasteiger partial charge in [-0.2, -0.15) is 0 Å². The Hall–Kier alpha value is -0.340. The Kier molecular flexibility index (Phi) is 7.52. The van der Waals surface area contributed by atoms with Gasteiger partial charge in [-0.25, -0.2) is 0 Å². The number of hydrogen-bond donors (Lipinski definition) is 2. The van der Waals surface area contributed by atoms with E-state index in [1.54, 1.807) is 12.2 Å². The highest BCUT2D eigenvalue weighted by molar-refractivity contribution is 4.87. The second-order valence-corrected chi connectivity index (χ2v) is 2.67. The van der Waals surface area contributed by atoms with Gasteiger partial charge in [-0.1, -0.05) is 38.3 Å². The number of unbranched alkanes of at least 4 members (excludes halogenated alkanes) is 2. The van der Waals surface area contributed by atoms with Crippen LogP contribution in [0.25, 0.3) is 0 Å². The van der Waals surface area contributed by atoms with Crippen molar-refractivity contribution in [1.29, 1.82) is 0 Å². The second-order valence-electron chi connectivity index (χ2n) is 2.67. The molecule has 0 aromatic rings. The molecule has 0 aromatic heterocycles. The zero-order valence-corrected chi connectivity index (χ0v) is 7.16. The molecule has 0 bridgehead atoms. The molecule has 0 saturated heterocycles. The lowest BCUT2D eigenvalue weighted by Crippen LogP contribution is -2.01. The van der Waals surface area contributed by atoms with Crippen LogP contribution < -0.4 is 0 Å². The van der Waals surface area contributed by atoms with Crippen molar-refractivity contribution in [3.63, 3.8) is 0 Å². The van der Waals surface area contributed by atoms with Gasteiger partial charge in [0.2, 0.25) is 0 Å². The molecular formula is C9H18O2. The van der Waals surface area contributed by atoms with Gasteiger partial charge in [-0.15, -0.1) is 0 Å². The Morgan fingerprint density at radius 2 is 2.09 bits per heavy atom. The van der Waals surface area contributed by atoms with Gasteiger partial charge >= 0.3 is 0 Å². The van der Waals surface area contributed by atoms with Gasteiger partial charge in [0, 0.05) is 0 Å². The van der Waals surface area contributed by atoms with Crippen LogP contribution in [0.5, 0.6) is 0 Å². The zero-order chi connectivity index (χ0) is 8.53. The summed E-state index contributed by atoms with van der Waals surface area (Å²) in [6, 6.07) is 0. The van der Waals surface area contributed by atoms with E-state index < -0.39 is 0 Å². The Balaban J connectivity index is 3.21. The minimum Gasteiger partial charge on any atom is -0.392 e. The minimum atomic E-state index is -0.367. The van der Waals surface area contributed by atoms with Gasteiger partial charge in [0.15, 0.2) is 0 Å². The third kappa shape index (κ3) is 7.56. The van der Waals surface area contributed by atoms with Crippen LogP contribution in [0.3, 0.4) is 0 Å². The SMILES string of the molecule is CCCCCC(O)/C=C/CO. The average molecular weight is 158 g/mol. The summed E-state index contributed by atoms with van der Waals surface area (Å²) in [5.41, 5.74) is 0. The summed E-state index contributed by atoms with van der Waals surface area (Å²) >= 11 is 0. The molecular weight excluding hydrogens is 140 g/mol. The molecule has 1 unspecified atom stereocenters. The summed E-state index contributed by atoms with van der Waals surface area (Å²) in [6.07, 6.45) is 7.08. The van der Waals surface area contributed by atoms with E-state index in [-0.39, 0.29) is 12.7 Å². The minimum absolute atomic E-state index is 0.0187. The third-order valence-corrected chi connectivity index (χ3v) is 1.57. The Morgan fingerprint density at radius 1 is 1.36 bits per heavy atom. The van der Waals surface area contributed by atoms with Crippen LogP contribution in [-0.2, 0) is 0 Å². The maximum atomic E-state index is 9.21. The van der Waals surface area contributed by atoms with E-state index in [1.165, 1.54) is 12.8 Å². The molecule has 0 aliphatic carbocycles. The summed E-state index contributed by atoms with van der Waals surface area (Å²) in [5.74, 6) is 0. The van der Waals surface area contributed by atoms with Crippen LogP contribution in [0.4, 0.5) is 0 Å². The van der Waals surface area contributed by atoms with Gasteiger partial charge in [0.05, 0.1) is 12.7 Å². The van der Waals surface area contributed by atoms with E-state index in [1.807, 2.05) is 0 Å². The molecule has 0 fully saturated rings. The van der Waals surface area contributed by atoms with Crippen molar-refractivity contribution in [3.8, 4) is 0 Å². The van der Waals surface area contributed by atoms with Crippen LogP contribution in [0.1, 0.15) is 32.6 Å². The molecule has 2 nitrogen and oxygen atoms in total. The maximum absolute atomic E-state index is 9.21. The third-order valence-electron chi connectivity index (χ3n) is 1.57. The second kappa shape index (κ2) is 7.76. The first-order valence-corrected chi connectivity index (χ1v) is 4.26. The summed E-state index contributed by atoms with van der Waals surface area (Å²) in [5, 5.41) is 17.6. The van der Waals surface area contributed by atoms with Gasteiger partial charge in [-0.05, 0) is 6.42 Å². The summed E-state index contributed by atoms with van der Waals surface area (Å²) in [4.78, 5) is 0. The van der Waals surface area contributed by atoms with E-state index in [2.05, 4.69) is 6.92 Å². The normalized spacial score (nSPS) is 14.1. The first-order chi connectivity index (χ1) is 5.31. The first-order valence-electron chi connectivity index (χ1n) is 4.26. The lowest BCUT2D eigenvalue weighted by molar-refractivity contribution is 0.207. The zero-order valence-electron chi connectivity index (χ0n) is 7.16. The first kappa shape index (κ1) is 10.7. The number of hydrogen-bond acceptors (Lipinski definition) is 2. The molecule has 0 radical (unpaired) electrons. The van der Waals surface area contributed by atoms with Crippen LogP contribution in [-0.4, -0.2) is 22.9 Å². The molecule has 0 spiro atoms. The van der Waals surface area contributed by atoms with E-state index >= 15 is 0 Å². The molecule has 1 atom stereocenters. The molecule has 2 N–H and O–H groups in total. The number of aliphatic hydroxyl groups is 2. The highest BCUT2D eigenvalue weighted by Gasteiger charge is 1.96. The summed E-state index contributed by atoms with van der Waals surface area (Å²) < 4.78 is 0. The van der Waals surface area contributed by atoms with E-state index in [4.69, 9.17) is 5.11 Å². The highest BCUT2D eigenvalue weighted by atomic mass is 16.3. The highest BCUT2D eigenvalue weighted by Crippen LogP contribution is 2.03. The fraction of sp³-hybridized carbons (Fsp3) is 0.778. The lowest BCUT2D eigenvalue weighted by Gasteiger charge is -2.03. The molecule has 11 heavy (non-hydrogen) atoms. The van der Waals surface area contributed by atoms with Crippen LogP contribution >= 0.6 is 0 Å². The fourth-order valence-corrected chi connectivity index (χ4v) is 0.918. The number of rotatable bonds is 6. The van der Waals surface area contributed by atoms with Crippen molar-refractivity contribution in [2.24, 2.45) is 0 Å². The molecule has 0 aromatic carbocycles. The summed E-state index contributed by atoms with van der Waals surface area (Å²) in [7, 11) is 0. The lowest BCUT2D eigenvalue weighted by atomic mass is 10.1. The molecule has 0 aliphatic rings. The van der Waals surface area contributed by atoms with Crippen molar-refractivity contribution >= 4 is 0 Å². The molecule has 0 heterocycles. The molecule has 0 saturated carbocycles. The standard InChI is InChI=1S/C9H18O2/c1-2-3-4-6-9(11)7-5-8-10/h5,7,9-11H,2-4,6,8H2,1H3/b7-5+. The van der Waals surface area contributed by atoms with Gasteiger partial charge in [0.25, 0.3) is 0 Å². The monoisotopic (exact) mass is 158 g/mol. The van der Waals surface area contributed by atoms with E-state index in [0.29, 0.717) is 0 Å². The quantitative estimate of drug-likeness (QED) is 0.454. The van der Waals surface area contributed by atoms with Gasteiger partial charge < -0.3 is 10.2 Å². The van der Waals surface area contributed by atoms with Crippen molar-refractivity contribution in [2.75, 3.05) is 6.61 Å².